The molecule has 0 aliphatic carbocycles. The predicted molar refractivity (Wildman–Crippen MR) is 59.1 cm³/mol. The van der Waals surface area contributed by atoms with Crippen LogP contribution < -0.4 is 5.32 Å². The molecule has 0 saturated carbocycles. The van der Waals surface area contributed by atoms with Crippen LogP contribution in [0, 0.1) is 15.2 Å². The van der Waals surface area contributed by atoms with Crippen molar-refractivity contribution >= 4 is 35.0 Å². The summed E-state index contributed by atoms with van der Waals surface area (Å²) in [5, 5.41) is 2.81. The van der Waals surface area contributed by atoms with Crippen LogP contribution in [-0.4, -0.2) is 7.05 Å². The first-order chi connectivity index (χ1) is 5.65. The zero-order valence-corrected chi connectivity index (χ0v) is 9.88. The summed E-state index contributed by atoms with van der Waals surface area (Å²) in [6.07, 6.45) is 0. The van der Waals surface area contributed by atoms with E-state index < -0.39 is 11.6 Å². The molecule has 0 radical (unpaired) electrons. The van der Waals surface area contributed by atoms with E-state index in [-0.39, 0.29) is 12.4 Å². The van der Waals surface area contributed by atoms with Crippen LogP contribution in [0.15, 0.2) is 12.1 Å². The number of nitrogens with one attached hydrogen (secondary N) is 1. The summed E-state index contributed by atoms with van der Waals surface area (Å²) in [7, 11) is 1.72. The van der Waals surface area contributed by atoms with Crippen molar-refractivity contribution in [3.8, 4) is 0 Å². The summed E-state index contributed by atoms with van der Waals surface area (Å²) in [5.41, 5.74) is 0.489. The lowest BCUT2D eigenvalue weighted by Crippen LogP contribution is -2.07. The third-order valence-corrected chi connectivity index (χ3v) is 2.28. The summed E-state index contributed by atoms with van der Waals surface area (Å²) in [5.74, 6) is -1.00. The molecule has 0 saturated heterocycles. The van der Waals surface area contributed by atoms with Gasteiger partial charge >= 0.3 is 0 Å². The van der Waals surface area contributed by atoms with Gasteiger partial charge in [0.1, 0.15) is 11.6 Å². The van der Waals surface area contributed by atoms with Crippen LogP contribution in [-0.2, 0) is 6.54 Å². The fourth-order valence-electron chi connectivity index (χ4n) is 0.890. The van der Waals surface area contributed by atoms with Crippen LogP contribution in [0.1, 0.15) is 5.56 Å². The standard InChI is InChI=1S/C8H8F2IN.ClH/c1-12-4-5-2-8(11)7(10)3-6(5)9;/h2-3,12H,4H2,1H3;1H. The zero-order chi connectivity index (χ0) is 9.14. The Labute approximate surface area is 95.5 Å². The highest BCUT2D eigenvalue weighted by molar-refractivity contribution is 14.1. The average molecular weight is 320 g/mol. The van der Waals surface area contributed by atoms with Crippen molar-refractivity contribution in [1.29, 1.82) is 0 Å². The van der Waals surface area contributed by atoms with Gasteiger partial charge in [0.2, 0.25) is 0 Å². The Morgan fingerprint density at radius 1 is 1.31 bits per heavy atom. The molecule has 13 heavy (non-hydrogen) atoms. The average Bonchev–Trinajstić information content (AvgIpc) is 2.01. The molecule has 0 amide bonds. The van der Waals surface area contributed by atoms with E-state index in [9.17, 15) is 8.78 Å². The summed E-state index contributed by atoms with van der Waals surface area (Å²) in [6, 6.07) is 2.41. The van der Waals surface area contributed by atoms with E-state index >= 15 is 0 Å². The maximum atomic E-state index is 12.9. The molecule has 74 valence electrons. The largest absolute Gasteiger partial charge is 0.316 e. The summed E-state index contributed by atoms with van der Waals surface area (Å²) in [4.78, 5) is 0. The Hall–Kier alpha value is 0.0600. The van der Waals surface area contributed by atoms with Crippen molar-refractivity contribution in [2.75, 3.05) is 7.05 Å². The van der Waals surface area contributed by atoms with Crippen LogP contribution in [0.25, 0.3) is 0 Å². The minimum atomic E-state index is -0.507. The first kappa shape index (κ1) is 13.1. The maximum absolute atomic E-state index is 12.9. The van der Waals surface area contributed by atoms with Crippen LogP contribution in [0.2, 0.25) is 0 Å². The molecule has 1 aromatic carbocycles. The van der Waals surface area contributed by atoms with Gasteiger partial charge in [-0.15, -0.1) is 12.4 Å². The van der Waals surface area contributed by atoms with Crippen LogP contribution >= 0.6 is 35.0 Å². The lowest BCUT2D eigenvalue weighted by atomic mass is 10.2. The molecule has 0 spiro atoms. The first-order valence-corrected chi connectivity index (χ1v) is 4.51. The third-order valence-electron chi connectivity index (χ3n) is 1.46. The lowest BCUT2D eigenvalue weighted by molar-refractivity contribution is 0.563. The first-order valence-electron chi connectivity index (χ1n) is 3.43. The number of halogens is 4. The topological polar surface area (TPSA) is 12.0 Å². The molecule has 5 heteroatoms. The molecule has 1 N–H and O–H groups in total. The highest BCUT2D eigenvalue weighted by atomic mass is 127. The van der Waals surface area contributed by atoms with E-state index in [0.717, 1.165) is 6.07 Å². The molecule has 0 heterocycles. The monoisotopic (exact) mass is 319 g/mol. The van der Waals surface area contributed by atoms with Crippen molar-refractivity contribution < 1.29 is 8.78 Å². The van der Waals surface area contributed by atoms with Crippen LogP contribution in [0.4, 0.5) is 8.78 Å². The lowest BCUT2D eigenvalue weighted by Gasteiger charge is -2.03. The molecule has 0 atom stereocenters. The van der Waals surface area contributed by atoms with Gasteiger partial charge in [0.05, 0.1) is 0 Å². The van der Waals surface area contributed by atoms with Crippen molar-refractivity contribution in [1.82, 2.24) is 5.32 Å². The van der Waals surface area contributed by atoms with Gasteiger partial charge < -0.3 is 5.32 Å². The van der Waals surface area contributed by atoms with E-state index in [0.29, 0.717) is 15.7 Å². The summed E-state index contributed by atoms with van der Waals surface area (Å²) in [6.45, 7) is 0.419. The smallest absolute Gasteiger partial charge is 0.139 e. The second kappa shape index (κ2) is 5.72. The Kier molecular flexibility index (Phi) is 5.75. The summed E-state index contributed by atoms with van der Waals surface area (Å²) < 4.78 is 26.1. The quantitative estimate of drug-likeness (QED) is 0.653. The van der Waals surface area contributed by atoms with Gasteiger partial charge in [0.25, 0.3) is 0 Å². The minimum Gasteiger partial charge on any atom is -0.316 e. The second-order valence-electron chi connectivity index (χ2n) is 2.39. The van der Waals surface area contributed by atoms with E-state index in [1.807, 2.05) is 22.6 Å². The van der Waals surface area contributed by atoms with Gasteiger partial charge in [-0.05, 0) is 35.7 Å². The number of rotatable bonds is 2. The molecule has 0 unspecified atom stereocenters. The van der Waals surface area contributed by atoms with Gasteiger partial charge in [0.15, 0.2) is 0 Å². The molecular formula is C8H9ClF2IN. The molecule has 0 aliphatic heterocycles. The maximum Gasteiger partial charge on any atom is 0.139 e. The van der Waals surface area contributed by atoms with E-state index in [1.54, 1.807) is 7.05 Å². The molecular weight excluding hydrogens is 310 g/mol. The second-order valence-corrected chi connectivity index (χ2v) is 3.55. The number of hydrogen-bond donors (Lipinski definition) is 1. The molecule has 1 nitrogen and oxygen atoms in total. The van der Waals surface area contributed by atoms with Crippen LogP contribution in [0.5, 0.6) is 0 Å². The zero-order valence-electron chi connectivity index (χ0n) is 6.90. The minimum absolute atomic E-state index is 0. The van der Waals surface area contributed by atoms with Gasteiger partial charge in [-0.3, -0.25) is 0 Å². The highest BCUT2D eigenvalue weighted by Crippen LogP contribution is 2.16. The highest BCUT2D eigenvalue weighted by Gasteiger charge is 2.06. The Morgan fingerprint density at radius 2 is 1.92 bits per heavy atom. The molecule has 0 aromatic heterocycles. The van der Waals surface area contributed by atoms with E-state index in [4.69, 9.17) is 0 Å². The van der Waals surface area contributed by atoms with Gasteiger partial charge in [-0.25, -0.2) is 8.78 Å². The third kappa shape index (κ3) is 3.36. The van der Waals surface area contributed by atoms with Gasteiger partial charge in [0, 0.05) is 21.7 Å². The Morgan fingerprint density at radius 3 is 2.46 bits per heavy atom. The normalized spacial score (nSPS) is 9.54. The fraction of sp³-hybridized carbons (Fsp3) is 0.250. The molecule has 1 rings (SSSR count). The van der Waals surface area contributed by atoms with Crippen molar-refractivity contribution in [3.63, 3.8) is 0 Å². The Bertz CT molecular complexity index is 294. The van der Waals surface area contributed by atoms with Gasteiger partial charge in [-0.1, -0.05) is 0 Å². The SMILES string of the molecule is CNCc1cc(I)c(F)cc1F.Cl. The number of benzene rings is 1. The van der Waals surface area contributed by atoms with Crippen molar-refractivity contribution in [2.45, 2.75) is 6.54 Å². The molecule has 0 fully saturated rings. The van der Waals surface area contributed by atoms with E-state index in [1.165, 1.54) is 6.07 Å². The summed E-state index contributed by atoms with van der Waals surface area (Å²) >= 11 is 1.84. The molecule has 0 aliphatic rings. The fourth-order valence-corrected chi connectivity index (χ4v) is 1.42. The predicted octanol–water partition coefficient (Wildman–Crippen LogP) is 2.71. The van der Waals surface area contributed by atoms with E-state index in [2.05, 4.69) is 5.32 Å². The Balaban J connectivity index is 0.00000144. The van der Waals surface area contributed by atoms with Gasteiger partial charge in [-0.2, -0.15) is 0 Å². The van der Waals surface area contributed by atoms with Crippen molar-refractivity contribution in [2.24, 2.45) is 0 Å². The van der Waals surface area contributed by atoms with Crippen LogP contribution in [0.3, 0.4) is 0 Å². The number of hydrogen-bond acceptors (Lipinski definition) is 1. The van der Waals surface area contributed by atoms with Crippen molar-refractivity contribution in [3.05, 3.63) is 32.9 Å². The molecule has 0 bridgehead atoms. The molecule has 1 aromatic rings.